The molecule has 5 nitrogen and oxygen atoms in total. The first-order chi connectivity index (χ1) is 8.78. The lowest BCUT2D eigenvalue weighted by atomic mass is 10.0. The van der Waals surface area contributed by atoms with Crippen LogP contribution >= 0.6 is 0 Å². The Balaban J connectivity index is 2.22. The van der Waals surface area contributed by atoms with Crippen LogP contribution in [0.1, 0.15) is 11.4 Å². The number of aliphatic hydroxyl groups is 1. The smallest absolute Gasteiger partial charge is 0.125 e. The van der Waals surface area contributed by atoms with Crippen LogP contribution in [0.4, 0.5) is 0 Å². The number of rotatable bonds is 2. The molecule has 0 saturated carbocycles. The Kier molecular flexibility index (Phi) is 2.53. The molecular formula is C13H12N4O. The van der Waals surface area contributed by atoms with Gasteiger partial charge in [-0.1, -0.05) is 0 Å². The predicted molar refractivity (Wildman–Crippen MR) is 67.8 cm³/mol. The molecule has 0 aliphatic heterocycles. The van der Waals surface area contributed by atoms with Gasteiger partial charge < -0.3 is 5.11 Å². The van der Waals surface area contributed by atoms with Gasteiger partial charge in [0.15, 0.2) is 0 Å². The zero-order chi connectivity index (χ0) is 12.5. The van der Waals surface area contributed by atoms with Gasteiger partial charge in [0.05, 0.1) is 18.3 Å². The van der Waals surface area contributed by atoms with E-state index in [1.54, 1.807) is 18.6 Å². The summed E-state index contributed by atoms with van der Waals surface area (Å²) in [5.41, 5.74) is 3.58. The van der Waals surface area contributed by atoms with Crippen LogP contribution in [0.5, 0.6) is 0 Å². The quantitative estimate of drug-likeness (QED) is 0.716. The molecule has 3 aromatic rings. The topological polar surface area (TPSA) is 74.7 Å². The molecule has 0 saturated heterocycles. The number of aliphatic hydroxyl groups excluding tert-OH is 1. The van der Waals surface area contributed by atoms with Crippen LogP contribution in [-0.2, 0) is 6.61 Å². The van der Waals surface area contributed by atoms with E-state index in [4.69, 9.17) is 0 Å². The molecule has 18 heavy (non-hydrogen) atoms. The number of H-pyrrole nitrogens is 1. The van der Waals surface area contributed by atoms with E-state index in [1.807, 2.05) is 19.1 Å². The normalized spacial score (nSPS) is 11.0. The summed E-state index contributed by atoms with van der Waals surface area (Å²) in [6, 6.07) is 3.88. The monoisotopic (exact) mass is 240 g/mol. The summed E-state index contributed by atoms with van der Waals surface area (Å²) in [6.45, 7) is 1.81. The van der Waals surface area contributed by atoms with Crippen molar-refractivity contribution in [2.75, 3.05) is 0 Å². The summed E-state index contributed by atoms with van der Waals surface area (Å²) in [5.74, 6) is 0.730. The van der Waals surface area contributed by atoms with Gasteiger partial charge in [0.2, 0.25) is 0 Å². The van der Waals surface area contributed by atoms with Crippen molar-refractivity contribution in [2.24, 2.45) is 0 Å². The van der Waals surface area contributed by atoms with Gasteiger partial charge in [0.25, 0.3) is 0 Å². The third kappa shape index (κ3) is 1.74. The van der Waals surface area contributed by atoms with Crippen molar-refractivity contribution in [3.05, 3.63) is 42.1 Å². The highest BCUT2D eigenvalue weighted by molar-refractivity contribution is 5.85. The van der Waals surface area contributed by atoms with Crippen molar-refractivity contribution in [2.45, 2.75) is 13.5 Å². The third-order valence-electron chi connectivity index (χ3n) is 2.93. The summed E-state index contributed by atoms with van der Waals surface area (Å²) >= 11 is 0. The first-order valence-electron chi connectivity index (χ1n) is 5.64. The minimum Gasteiger partial charge on any atom is -0.392 e. The number of benzene rings is 1. The molecule has 0 unspecified atom stereocenters. The number of nitrogens with one attached hydrogen (secondary N) is 1. The zero-order valence-electron chi connectivity index (χ0n) is 9.88. The van der Waals surface area contributed by atoms with Gasteiger partial charge in [-0.25, -0.2) is 9.97 Å². The SMILES string of the molecule is Cc1ncc(-c2cc3cn[nH]c3cc2CO)cn1. The summed E-state index contributed by atoms with van der Waals surface area (Å²) in [7, 11) is 0. The molecule has 5 heteroatoms. The molecule has 0 fully saturated rings. The van der Waals surface area contributed by atoms with Crippen LogP contribution in [0.3, 0.4) is 0 Å². The first kappa shape index (κ1) is 10.9. The maximum Gasteiger partial charge on any atom is 0.125 e. The Morgan fingerprint density at radius 2 is 1.94 bits per heavy atom. The van der Waals surface area contributed by atoms with E-state index in [-0.39, 0.29) is 6.61 Å². The fraction of sp³-hybridized carbons (Fsp3) is 0.154. The largest absolute Gasteiger partial charge is 0.392 e. The Morgan fingerprint density at radius 1 is 1.17 bits per heavy atom. The standard InChI is InChI=1S/C13H12N4O/c1-8-14-4-11(5-15-8)12-2-9-6-16-17-13(9)3-10(12)7-18/h2-6,18H,7H2,1H3,(H,16,17). The molecule has 0 aliphatic carbocycles. The maximum atomic E-state index is 9.46. The predicted octanol–water partition coefficient (Wildman–Crippen LogP) is 1.82. The fourth-order valence-electron chi connectivity index (χ4n) is 1.97. The van der Waals surface area contributed by atoms with E-state index in [0.29, 0.717) is 0 Å². The number of fused-ring (bicyclic) bond motifs is 1. The van der Waals surface area contributed by atoms with E-state index >= 15 is 0 Å². The number of aromatic nitrogens is 4. The Bertz CT molecular complexity index is 688. The summed E-state index contributed by atoms with van der Waals surface area (Å²) < 4.78 is 0. The second-order valence-corrected chi connectivity index (χ2v) is 4.14. The molecule has 90 valence electrons. The van der Waals surface area contributed by atoms with Crippen LogP contribution in [0.15, 0.2) is 30.7 Å². The van der Waals surface area contributed by atoms with Crippen molar-refractivity contribution in [3.63, 3.8) is 0 Å². The van der Waals surface area contributed by atoms with Crippen molar-refractivity contribution >= 4 is 10.9 Å². The van der Waals surface area contributed by atoms with E-state index < -0.39 is 0 Å². The third-order valence-corrected chi connectivity index (χ3v) is 2.93. The molecular weight excluding hydrogens is 228 g/mol. The van der Waals surface area contributed by atoms with Crippen molar-refractivity contribution in [3.8, 4) is 11.1 Å². The second kappa shape index (κ2) is 4.19. The summed E-state index contributed by atoms with van der Waals surface area (Å²) in [5, 5.41) is 17.3. The maximum absolute atomic E-state index is 9.46. The van der Waals surface area contributed by atoms with Crippen molar-refractivity contribution < 1.29 is 5.11 Å². The number of hydrogen-bond acceptors (Lipinski definition) is 4. The van der Waals surface area contributed by atoms with Crippen LogP contribution < -0.4 is 0 Å². The van der Waals surface area contributed by atoms with E-state index in [2.05, 4.69) is 20.2 Å². The van der Waals surface area contributed by atoms with E-state index in [9.17, 15) is 5.11 Å². The number of nitrogens with zero attached hydrogens (tertiary/aromatic N) is 3. The molecule has 0 radical (unpaired) electrons. The lowest BCUT2D eigenvalue weighted by Crippen LogP contribution is -1.93. The van der Waals surface area contributed by atoms with Crippen LogP contribution in [0.2, 0.25) is 0 Å². The van der Waals surface area contributed by atoms with Crippen LogP contribution in [0, 0.1) is 6.92 Å². The molecule has 3 rings (SSSR count). The first-order valence-corrected chi connectivity index (χ1v) is 5.64. The Labute approximate surface area is 104 Å². The van der Waals surface area contributed by atoms with E-state index in [1.165, 1.54) is 0 Å². The number of aryl methyl sites for hydroxylation is 1. The highest BCUT2D eigenvalue weighted by Crippen LogP contribution is 2.27. The van der Waals surface area contributed by atoms with Crippen molar-refractivity contribution in [1.82, 2.24) is 20.2 Å². The van der Waals surface area contributed by atoms with Gasteiger partial charge >= 0.3 is 0 Å². The summed E-state index contributed by atoms with van der Waals surface area (Å²) in [4.78, 5) is 8.36. The average Bonchev–Trinajstić information content (AvgIpc) is 2.85. The Morgan fingerprint density at radius 3 is 2.67 bits per heavy atom. The highest BCUT2D eigenvalue weighted by atomic mass is 16.3. The molecule has 0 aliphatic rings. The molecule has 0 amide bonds. The molecule has 1 aromatic carbocycles. The number of aromatic amines is 1. The molecule has 0 spiro atoms. The van der Waals surface area contributed by atoms with Gasteiger partial charge in [-0.15, -0.1) is 0 Å². The average molecular weight is 240 g/mol. The van der Waals surface area contributed by atoms with Gasteiger partial charge in [0.1, 0.15) is 5.82 Å². The second-order valence-electron chi connectivity index (χ2n) is 4.14. The van der Waals surface area contributed by atoms with Crippen LogP contribution in [0.25, 0.3) is 22.0 Å². The minimum atomic E-state index is -0.0296. The minimum absolute atomic E-state index is 0.0296. The van der Waals surface area contributed by atoms with Crippen molar-refractivity contribution in [1.29, 1.82) is 0 Å². The van der Waals surface area contributed by atoms with Gasteiger partial charge in [-0.05, 0) is 30.2 Å². The molecule has 2 aromatic heterocycles. The molecule has 0 atom stereocenters. The van der Waals surface area contributed by atoms with Gasteiger partial charge in [-0.3, -0.25) is 5.10 Å². The summed E-state index contributed by atoms with van der Waals surface area (Å²) in [6.07, 6.45) is 5.29. The fourth-order valence-corrected chi connectivity index (χ4v) is 1.97. The number of hydrogen-bond donors (Lipinski definition) is 2. The molecule has 2 heterocycles. The van der Waals surface area contributed by atoms with Gasteiger partial charge in [-0.2, -0.15) is 5.10 Å². The Hall–Kier alpha value is -2.27. The highest BCUT2D eigenvalue weighted by Gasteiger charge is 2.08. The molecule has 2 N–H and O–H groups in total. The lowest BCUT2D eigenvalue weighted by molar-refractivity contribution is 0.282. The lowest BCUT2D eigenvalue weighted by Gasteiger charge is -2.07. The van der Waals surface area contributed by atoms with Crippen LogP contribution in [-0.4, -0.2) is 25.3 Å². The van der Waals surface area contributed by atoms with E-state index in [0.717, 1.165) is 33.4 Å². The zero-order valence-corrected chi connectivity index (χ0v) is 9.88. The molecule has 0 bridgehead atoms. The van der Waals surface area contributed by atoms with Gasteiger partial charge in [0, 0.05) is 23.3 Å².